The molecule has 0 spiro atoms. The van der Waals surface area contributed by atoms with Gasteiger partial charge >= 0.3 is 0 Å². The number of benzene rings is 1. The average molecular weight is 463 g/mol. The van der Waals surface area contributed by atoms with Gasteiger partial charge in [-0.05, 0) is 88.1 Å². The van der Waals surface area contributed by atoms with Crippen LogP contribution in [-0.2, 0) is 11.2 Å². The normalized spacial score (nSPS) is 19.0. The monoisotopic (exact) mass is 462 g/mol. The van der Waals surface area contributed by atoms with Crippen molar-refractivity contribution in [2.45, 2.75) is 32.1 Å². The highest BCUT2D eigenvalue weighted by molar-refractivity contribution is 8.02. The summed E-state index contributed by atoms with van der Waals surface area (Å²) in [4.78, 5) is 19.2. The Labute approximate surface area is 197 Å². The number of carbonyl (C=O) groups excluding carboxylic acids is 1. The van der Waals surface area contributed by atoms with Gasteiger partial charge in [-0.3, -0.25) is 14.7 Å². The Morgan fingerprint density at radius 3 is 2.59 bits per heavy atom. The lowest BCUT2D eigenvalue weighted by molar-refractivity contribution is -0.121. The molecule has 32 heavy (non-hydrogen) atoms. The number of carbonyl (C=O) groups is 1. The number of hydrogen-bond donors (Lipinski definition) is 1. The van der Waals surface area contributed by atoms with E-state index in [1.807, 2.05) is 11.5 Å². The van der Waals surface area contributed by atoms with Gasteiger partial charge in [0.2, 0.25) is 5.91 Å². The van der Waals surface area contributed by atoms with Crippen molar-refractivity contribution in [3.63, 3.8) is 0 Å². The third-order valence-corrected chi connectivity index (χ3v) is 6.61. The molecule has 3 rings (SSSR count). The Bertz CT molecular complexity index is 738. The fourth-order valence-corrected chi connectivity index (χ4v) is 4.67. The molecule has 0 aliphatic carbocycles. The first-order valence-corrected chi connectivity index (χ1v) is 12.3. The molecule has 0 unspecified atom stereocenters. The van der Waals surface area contributed by atoms with Crippen LogP contribution in [0.4, 0.5) is 0 Å². The van der Waals surface area contributed by atoms with Crippen LogP contribution in [0.25, 0.3) is 0 Å². The highest BCUT2D eigenvalue weighted by Gasteiger charge is 2.25. The first-order valence-electron chi connectivity index (χ1n) is 11.2. The molecule has 1 aromatic rings. The highest BCUT2D eigenvalue weighted by Crippen LogP contribution is 2.28. The third kappa shape index (κ3) is 9.22. The molecule has 7 nitrogen and oxygen atoms in total. The van der Waals surface area contributed by atoms with E-state index in [0.29, 0.717) is 0 Å². The number of primary amides is 1. The first kappa shape index (κ1) is 26.2. The molecular formula is C24H38N4O3S. The van der Waals surface area contributed by atoms with Gasteiger partial charge in [-0.25, -0.2) is 0 Å². The van der Waals surface area contributed by atoms with Crippen LogP contribution in [-0.4, -0.2) is 75.2 Å². The summed E-state index contributed by atoms with van der Waals surface area (Å²) in [5.41, 5.74) is 6.55. The molecule has 178 valence electrons. The van der Waals surface area contributed by atoms with Gasteiger partial charge in [0, 0.05) is 18.6 Å². The van der Waals surface area contributed by atoms with Gasteiger partial charge in [0.15, 0.2) is 11.5 Å². The Balaban J connectivity index is 0.000000235. The van der Waals surface area contributed by atoms with Crippen LogP contribution in [0.2, 0.25) is 0 Å². The van der Waals surface area contributed by atoms with Crippen LogP contribution >= 0.6 is 11.8 Å². The topological polar surface area (TPSA) is 80.4 Å². The second-order valence-electron chi connectivity index (χ2n) is 8.07. The molecular weight excluding hydrogens is 424 g/mol. The molecule has 2 saturated heterocycles. The second-order valence-corrected chi connectivity index (χ2v) is 8.93. The standard InChI is InChI=1S/C15H23NO2.C9H15N3OS/c1-17-14-8-7-13(12-15(14)18-2)6-5-11-16-9-3-4-10-16;1-11-3-5-14-7-12-4-2-8(6-12)9(10)13/h7-8,12H,3-6,9-11H2,1-2H3;3,5,8H,1-2,4,6-7H2,(H2,10,13)/b;5-3-/t;8-/m.1/s1. The van der Waals surface area contributed by atoms with Crippen molar-refractivity contribution in [1.82, 2.24) is 9.80 Å². The third-order valence-electron chi connectivity index (χ3n) is 5.78. The minimum atomic E-state index is -0.180. The summed E-state index contributed by atoms with van der Waals surface area (Å²) in [6.45, 7) is 8.87. The van der Waals surface area contributed by atoms with Crippen molar-refractivity contribution < 1.29 is 14.3 Å². The Morgan fingerprint density at radius 2 is 1.97 bits per heavy atom. The zero-order valence-corrected chi connectivity index (χ0v) is 20.3. The molecule has 0 aromatic heterocycles. The van der Waals surface area contributed by atoms with Crippen LogP contribution in [0.1, 0.15) is 31.2 Å². The number of rotatable bonds is 11. The van der Waals surface area contributed by atoms with E-state index in [0.717, 1.165) is 43.3 Å². The predicted octanol–water partition coefficient (Wildman–Crippen LogP) is 3.39. The highest BCUT2D eigenvalue weighted by atomic mass is 32.2. The van der Waals surface area contributed by atoms with Gasteiger partial charge in [0.25, 0.3) is 0 Å². The van der Waals surface area contributed by atoms with E-state index in [1.54, 1.807) is 32.2 Å². The first-order chi connectivity index (χ1) is 15.6. The largest absolute Gasteiger partial charge is 0.493 e. The number of aliphatic imine (C=N–C) groups is 1. The fourth-order valence-electron chi connectivity index (χ4n) is 3.97. The number of methoxy groups -OCH3 is 2. The molecule has 2 N–H and O–H groups in total. The summed E-state index contributed by atoms with van der Waals surface area (Å²) in [5.74, 6) is 2.38. The molecule has 2 fully saturated rings. The van der Waals surface area contributed by atoms with Crippen LogP contribution in [0.15, 0.2) is 34.8 Å². The van der Waals surface area contributed by atoms with Gasteiger partial charge < -0.3 is 20.1 Å². The summed E-state index contributed by atoms with van der Waals surface area (Å²) >= 11 is 1.65. The SMILES string of the molecule is C=N/C=C\SCN1CC[C@@H](C(N)=O)C1.COc1ccc(CCCN2CCCC2)cc1OC. The van der Waals surface area contributed by atoms with Crippen molar-refractivity contribution in [1.29, 1.82) is 0 Å². The maximum absolute atomic E-state index is 10.9. The van der Waals surface area contributed by atoms with Crippen molar-refractivity contribution in [3.05, 3.63) is 35.4 Å². The van der Waals surface area contributed by atoms with Crippen molar-refractivity contribution in [2.75, 3.05) is 52.8 Å². The molecule has 1 amide bonds. The van der Waals surface area contributed by atoms with Crippen molar-refractivity contribution >= 4 is 24.4 Å². The second kappa shape index (κ2) is 14.9. The summed E-state index contributed by atoms with van der Waals surface area (Å²) in [5, 5.41) is 1.89. The zero-order chi connectivity index (χ0) is 23.2. The minimum Gasteiger partial charge on any atom is -0.493 e. The lowest BCUT2D eigenvalue weighted by atomic mass is 10.1. The van der Waals surface area contributed by atoms with E-state index in [-0.39, 0.29) is 11.8 Å². The molecule has 2 heterocycles. The average Bonchev–Trinajstić information content (AvgIpc) is 3.49. The number of nitrogens with two attached hydrogens (primary N) is 1. The number of aryl methyl sites for hydroxylation is 1. The molecule has 0 bridgehead atoms. The van der Waals surface area contributed by atoms with E-state index < -0.39 is 0 Å². The van der Waals surface area contributed by atoms with Crippen molar-refractivity contribution in [2.24, 2.45) is 16.6 Å². The number of amides is 1. The van der Waals surface area contributed by atoms with E-state index in [9.17, 15) is 4.79 Å². The molecule has 8 heteroatoms. The summed E-state index contributed by atoms with van der Waals surface area (Å²) in [6.07, 6.45) is 7.62. The molecule has 2 aliphatic heterocycles. The molecule has 1 aromatic carbocycles. The quantitative estimate of drug-likeness (QED) is 0.508. The maximum Gasteiger partial charge on any atom is 0.221 e. The Hall–Kier alpha value is -2.03. The van der Waals surface area contributed by atoms with Crippen LogP contribution in [0.5, 0.6) is 11.5 Å². The van der Waals surface area contributed by atoms with Gasteiger partial charge in [-0.15, -0.1) is 11.8 Å². The van der Waals surface area contributed by atoms with E-state index in [4.69, 9.17) is 15.2 Å². The van der Waals surface area contributed by atoms with Gasteiger partial charge in [0.1, 0.15) is 0 Å². The molecule has 0 saturated carbocycles. The molecule has 1 atom stereocenters. The zero-order valence-electron chi connectivity index (χ0n) is 19.5. The smallest absolute Gasteiger partial charge is 0.221 e. The number of ether oxygens (including phenoxy) is 2. The lowest BCUT2D eigenvalue weighted by Crippen LogP contribution is -2.27. The maximum atomic E-state index is 10.9. The molecule has 0 radical (unpaired) electrons. The van der Waals surface area contributed by atoms with Gasteiger partial charge in [-0.2, -0.15) is 0 Å². The fraction of sp³-hybridized carbons (Fsp3) is 0.583. The van der Waals surface area contributed by atoms with Gasteiger partial charge in [-0.1, -0.05) is 6.07 Å². The number of nitrogens with zero attached hydrogens (tertiary/aromatic N) is 3. The van der Waals surface area contributed by atoms with E-state index in [2.05, 4.69) is 33.6 Å². The minimum absolute atomic E-state index is 0.0390. The molecule has 2 aliphatic rings. The Morgan fingerprint density at radius 1 is 1.22 bits per heavy atom. The van der Waals surface area contributed by atoms with Crippen LogP contribution < -0.4 is 15.2 Å². The van der Waals surface area contributed by atoms with Crippen LogP contribution in [0, 0.1) is 5.92 Å². The van der Waals surface area contributed by atoms with Crippen molar-refractivity contribution in [3.8, 4) is 11.5 Å². The van der Waals surface area contributed by atoms with Gasteiger partial charge in [0.05, 0.1) is 20.1 Å². The van der Waals surface area contributed by atoms with E-state index >= 15 is 0 Å². The Kier molecular flexibility index (Phi) is 12.2. The summed E-state index contributed by atoms with van der Waals surface area (Å²) in [7, 11) is 3.36. The lowest BCUT2D eigenvalue weighted by Gasteiger charge is -2.14. The number of likely N-dealkylation sites (tertiary alicyclic amines) is 2. The number of thioether (sulfide) groups is 1. The summed E-state index contributed by atoms with van der Waals surface area (Å²) < 4.78 is 10.6. The van der Waals surface area contributed by atoms with Crippen LogP contribution in [0.3, 0.4) is 0 Å². The predicted molar refractivity (Wildman–Crippen MR) is 134 cm³/mol. The van der Waals surface area contributed by atoms with E-state index in [1.165, 1.54) is 44.5 Å². The number of hydrogen-bond acceptors (Lipinski definition) is 7. The summed E-state index contributed by atoms with van der Waals surface area (Å²) in [6, 6.07) is 6.21.